The predicted molar refractivity (Wildman–Crippen MR) is 157 cm³/mol. The molecule has 3 rings (SSSR count). The van der Waals surface area contributed by atoms with Gasteiger partial charge in [0.1, 0.15) is 5.75 Å². The van der Waals surface area contributed by atoms with E-state index in [9.17, 15) is 19.8 Å². The van der Waals surface area contributed by atoms with Crippen molar-refractivity contribution < 1.29 is 19.8 Å². The van der Waals surface area contributed by atoms with E-state index in [0.717, 1.165) is 36.8 Å². The highest BCUT2D eigenvalue weighted by Crippen LogP contribution is 2.44. The van der Waals surface area contributed by atoms with E-state index in [-0.39, 0.29) is 35.3 Å². The summed E-state index contributed by atoms with van der Waals surface area (Å²) in [6.07, 6.45) is 6.65. The van der Waals surface area contributed by atoms with Gasteiger partial charge in [0, 0.05) is 24.2 Å². The van der Waals surface area contributed by atoms with Crippen LogP contribution in [0.1, 0.15) is 81.0 Å². The first kappa shape index (κ1) is 30.3. The van der Waals surface area contributed by atoms with E-state index in [1.165, 1.54) is 18.4 Å². The molecule has 0 heterocycles. The molecule has 7 heteroatoms. The van der Waals surface area contributed by atoms with Gasteiger partial charge in [-0.3, -0.25) is 4.79 Å². The molecule has 1 fully saturated rings. The molecule has 2 aromatic rings. The van der Waals surface area contributed by atoms with Crippen molar-refractivity contribution in [1.82, 2.24) is 10.6 Å². The fourth-order valence-electron chi connectivity index (χ4n) is 5.33. The van der Waals surface area contributed by atoms with Crippen LogP contribution in [0.5, 0.6) is 5.75 Å². The molecule has 1 aliphatic carbocycles. The number of nitrogens with one attached hydrogen (secondary N) is 2. The lowest BCUT2D eigenvalue weighted by atomic mass is 9.88. The van der Waals surface area contributed by atoms with Crippen LogP contribution in [0, 0.1) is 0 Å². The zero-order chi connectivity index (χ0) is 27.9. The standard InChI is InChI=1S/C31H48N2O4Si/c1-22(15-23-9-8-10-24(16-23)17-30(36)33-28-11-6-7-12-28)32-20-27(19-31(2,3)38(4,5)37)25-13-14-29(35)26(18-25)21-34/h8-10,13-14,16,18,22,27-28,32,34-35,37H,6-7,11-12,15,17,19-21H2,1-5H3,(H,33,36)/t22-,27+/m1/s1. The summed E-state index contributed by atoms with van der Waals surface area (Å²) < 4.78 is 0. The number of benzene rings is 2. The Kier molecular flexibility index (Phi) is 10.6. The van der Waals surface area contributed by atoms with Crippen LogP contribution in [0.25, 0.3) is 0 Å². The Balaban J connectivity index is 1.64. The lowest BCUT2D eigenvalue weighted by Crippen LogP contribution is -2.41. The number of hydrogen-bond donors (Lipinski definition) is 5. The van der Waals surface area contributed by atoms with Crippen LogP contribution < -0.4 is 10.6 Å². The third-order valence-corrected chi connectivity index (χ3v) is 12.0. The number of rotatable bonds is 13. The number of aliphatic hydroxyl groups is 1. The summed E-state index contributed by atoms with van der Waals surface area (Å²) in [5.41, 5.74) is 3.81. The summed E-state index contributed by atoms with van der Waals surface area (Å²) in [5.74, 6) is 0.323. The van der Waals surface area contributed by atoms with Crippen molar-refractivity contribution in [3.05, 3.63) is 64.7 Å². The molecule has 0 aromatic heterocycles. The third-order valence-electron chi connectivity index (χ3n) is 8.49. The molecule has 2 aromatic carbocycles. The van der Waals surface area contributed by atoms with Gasteiger partial charge in [0.05, 0.1) is 13.0 Å². The second-order valence-electron chi connectivity index (χ2n) is 12.4. The number of carbonyl (C=O) groups excluding carboxylic acids is 1. The number of carbonyl (C=O) groups is 1. The molecule has 38 heavy (non-hydrogen) atoms. The van der Waals surface area contributed by atoms with Gasteiger partial charge in [-0.2, -0.15) is 0 Å². The first-order chi connectivity index (χ1) is 17.9. The Labute approximate surface area is 230 Å². The molecular formula is C31H48N2O4Si. The van der Waals surface area contributed by atoms with Gasteiger partial charge in [-0.05, 0) is 85.5 Å². The molecule has 1 aliphatic rings. The van der Waals surface area contributed by atoms with Gasteiger partial charge in [-0.15, -0.1) is 0 Å². The highest BCUT2D eigenvalue weighted by Gasteiger charge is 2.40. The fraction of sp³-hybridized carbons (Fsp3) is 0.581. The molecule has 0 bridgehead atoms. The minimum absolute atomic E-state index is 0.101. The van der Waals surface area contributed by atoms with Crippen LogP contribution in [0.2, 0.25) is 18.1 Å². The second-order valence-corrected chi connectivity index (χ2v) is 16.9. The maximum atomic E-state index is 12.5. The van der Waals surface area contributed by atoms with E-state index in [4.69, 9.17) is 0 Å². The molecule has 5 N–H and O–H groups in total. The molecule has 6 nitrogen and oxygen atoms in total. The van der Waals surface area contributed by atoms with E-state index in [0.29, 0.717) is 24.6 Å². The topological polar surface area (TPSA) is 102 Å². The molecule has 1 amide bonds. The summed E-state index contributed by atoms with van der Waals surface area (Å²) >= 11 is 0. The van der Waals surface area contributed by atoms with Crippen molar-refractivity contribution in [2.24, 2.45) is 0 Å². The monoisotopic (exact) mass is 540 g/mol. The summed E-state index contributed by atoms with van der Waals surface area (Å²) in [6.45, 7) is 10.9. The SMILES string of the molecule is C[C@H](Cc1cccc(CC(=O)NC2CCCC2)c1)NC[C@H](CC(C)(C)[Si](C)(C)O)c1ccc(O)c(CO)c1. The van der Waals surface area contributed by atoms with Crippen molar-refractivity contribution in [3.8, 4) is 5.75 Å². The van der Waals surface area contributed by atoms with Crippen LogP contribution in [0.3, 0.4) is 0 Å². The van der Waals surface area contributed by atoms with E-state index in [1.807, 2.05) is 37.4 Å². The molecule has 1 saturated carbocycles. The molecule has 0 radical (unpaired) electrons. The number of amides is 1. The number of phenols is 1. The quantitative estimate of drug-likeness (QED) is 0.226. The Bertz CT molecular complexity index is 1060. The third kappa shape index (κ3) is 8.66. The minimum atomic E-state index is -2.42. The van der Waals surface area contributed by atoms with Crippen LogP contribution in [0.15, 0.2) is 42.5 Å². The van der Waals surface area contributed by atoms with E-state index >= 15 is 0 Å². The number of aliphatic hydroxyl groups excluding tert-OH is 1. The van der Waals surface area contributed by atoms with Crippen LogP contribution in [-0.2, 0) is 24.2 Å². The highest BCUT2D eigenvalue weighted by atomic mass is 28.4. The van der Waals surface area contributed by atoms with Gasteiger partial charge in [0.15, 0.2) is 8.32 Å². The Hall–Kier alpha value is -2.19. The zero-order valence-corrected chi connectivity index (χ0v) is 24.9. The van der Waals surface area contributed by atoms with Crippen molar-refractivity contribution >= 4 is 14.2 Å². The molecule has 210 valence electrons. The van der Waals surface area contributed by atoms with Crippen LogP contribution >= 0.6 is 0 Å². The number of aromatic hydroxyl groups is 1. The Morgan fingerprint density at radius 3 is 2.45 bits per heavy atom. The Morgan fingerprint density at radius 1 is 1.11 bits per heavy atom. The van der Waals surface area contributed by atoms with Crippen molar-refractivity contribution in [2.75, 3.05) is 6.54 Å². The predicted octanol–water partition coefficient (Wildman–Crippen LogP) is 5.16. The van der Waals surface area contributed by atoms with E-state index < -0.39 is 8.32 Å². The molecule has 0 spiro atoms. The van der Waals surface area contributed by atoms with Crippen molar-refractivity contribution in [3.63, 3.8) is 0 Å². The highest BCUT2D eigenvalue weighted by molar-refractivity contribution is 6.72. The van der Waals surface area contributed by atoms with Crippen LogP contribution in [-0.4, -0.2) is 47.9 Å². The van der Waals surface area contributed by atoms with E-state index in [2.05, 4.69) is 43.5 Å². The van der Waals surface area contributed by atoms with Gasteiger partial charge < -0.3 is 25.6 Å². The van der Waals surface area contributed by atoms with Gasteiger partial charge in [0.2, 0.25) is 5.91 Å². The van der Waals surface area contributed by atoms with E-state index in [1.54, 1.807) is 6.07 Å². The molecule has 0 saturated heterocycles. The smallest absolute Gasteiger partial charge is 0.224 e. The molecule has 2 atom stereocenters. The lowest BCUT2D eigenvalue weighted by Gasteiger charge is -2.38. The average Bonchev–Trinajstić information content (AvgIpc) is 3.34. The first-order valence-corrected chi connectivity index (χ1v) is 17.1. The summed E-state index contributed by atoms with van der Waals surface area (Å²) in [4.78, 5) is 23.4. The largest absolute Gasteiger partial charge is 0.508 e. The van der Waals surface area contributed by atoms with Gasteiger partial charge in [0.25, 0.3) is 0 Å². The summed E-state index contributed by atoms with van der Waals surface area (Å²) in [6, 6.07) is 14.3. The van der Waals surface area contributed by atoms with Crippen molar-refractivity contribution in [2.45, 2.75) is 108 Å². The van der Waals surface area contributed by atoms with Gasteiger partial charge in [-0.1, -0.05) is 57.0 Å². The second kappa shape index (κ2) is 13.2. The van der Waals surface area contributed by atoms with Gasteiger partial charge >= 0.3 is 0 Å². The van der Waals surface area contributed by atoms with Crippen molar-refractivity contribution in [1.29, 1.82) is 0 Å². The average molecular weight is 541 g/mol. The van der Waals surface area contributed by atoms with Crippen LogP contribution in [0.4, 0.5) is 0 Å². The normalized spacial score (nSPS) is 16.4. The molecule has 0 unspecified atom stereocenters. The maximum absolute atomic E-state index is 12.5. The lowest BCUT2D eigenvalue weighted by molar-refractivity contribution is -0.121. The number of hydrogen-bond acceptors (Lipinski definition) is 5. The summed E-state index contributed by atoms with van der Waals surface area (Å²) in [5, 5.41) is 26.4. The minimum Gasteiger partial charge on any atom is -0.508 e. The summed E-state index contributed by atoms with van der Waals surface area (Å²) in [7, 11) is -2.42. The first-order valence-electron chi connectivity index (χ1n) is 14.1. The van der Waals surface area contributed by atoms with Gasteiger partial charge in [-0.25, -0.2) is 0 Å². The zero-order valence-electron chi connectivity index (χ0n) is 23.9. The maximum Gasteiger partial charge on any atom is 0.224 e. The molecular weight excluding hydrogens is 492 g/mol. The molecule has 0 aliphatic heterocycles. The Morgan fingerprint density at radius 2 is 1.79 bits per heavy atom. The fourth-order valence-corrected chi connectivity index (χ4v) is 6.08.